The number of anilines is 1. The lowest BCUT2D eigenvalue weighted by molar-refractivity contribution is -0.115. The van der Waals surface area contributed by atoms with Crippen molar-refractivity contribution in [2.75, 3.05) is 12.4 Å². The Morgan fingerprint density at radius 1 is 1.20 bits per heavy atom. The number of carbonyl (C=O) groups excluding carboxylic acids is 1. The highest BCUT2D eigenvalue weighted by molar-refractivity contribution is 5.93. The largest absolute Gasteiger partial charge is 0.508 e. The molecule has 0 atom stereocenters. The summed E-state index contributed by atoms with van der Waals surface area (Å²) in [5.41, 5.74) is 2.55. The molecule has 4 heteroatoms. The average Bonchev–Trinajstić information content (AvgIpc) is 2.41. The molecule has 2 aromatic rings. The number of phenolic OH excluding ortho intramolecular Hbond substituents is 1. The van der Waals surface area contributed by atoms with Crippen LogP contribution in [-0.4, -0.2) is 18.1 Å². The minimum absolute atomic E-state index is 0.125. The second-order valence-corrected chi connectivity index (χ2v) is 4.60. The first-order valence-electron chi connectivity index (χ1n) is 6.31. The molecule has 4 nitrogen and oxygen atoms in total. The van der Waals surface area contributed by atoms with Gasteiger partial charge in [0.15, 0.2) is 0 Å². The van der Waals surface area contributed by atoms with Crippen molar-refractivity contribution in [1.29, 1.82) is 0 Å². The van der Waals surface area contributed by atoms with Crippen LogP contribution in [0.3, 0.4) is 0 Å². The molecule has 0 radical (unpaired) electrons. The maximum absolute atomic E-state index is 12.0. The summed E-state index contributed by atoms with van der Waals surface area (Å²) < 4.78 is 5.22. The molecular weight excluding hydrogens is 254 g/mol. The molecule has 0 spiro atoms. The van der Waals surface area contributed by atoms with Crippen LogP contribution >= 0.6 is 0 Å². The zero-order chi connectivity index (χ0) is 14.5. The lowest BCUT2D eigenvalue weighted by Crippen LogP contribution is -2.15. The number of amides is 1. The fraction of sp³-hybridized carbons (Fsp3) is 0.188. The fourth-order valence-corrected chi connectivity index (χ4v) is 1.91. The Morgan fingerprint density at radius 3 is 2.55 bits per heavy atom. The summed E-state index contributed by atoms with van der Waals surface area (Å²) >= 11 is 0. The summed E-state index contributed by atoms with van der Waals surface area (Å²) in [4.78, 5) is 12.0. The van der Waals surface area contributed by atoms with Crippen molar-refractivity contribution in [3.63, 3.8) is 0 Å². The first-order valence-corrected chi connectivity index (χ1v) is 6.31. The van der Waals surface area contributed by atoms with E-state index in [1.807, 2.05) is 25.1 Å². The number of nitrogens with one attached hydrogen (secondary N) is 1. The Hall–Kier alpha value is -2.49. The van der Waals surface area contributed by atoms with Gasteiger partial charge in [-0.1, -0.05) is 18.2 Å². The topological polar surface area (TPSA) is 58.6 Å². The highest BCUT2D eigenvalue weighted by Crippen LogP contribution is 2.25. The predicted octanol–water partition coefficient (Wildman–Crippen LogP) is 2.89. The summed E-state index contributed by atoms with van der Waals surface area (Å²) in [7, 11) is 1.57. The number of aryl methyl sites for hydroxylation is 1. The van der Waals surface area contributed by atoms with Crippen molar-refractivity contribution in [2.45, 2.75) is 13.3 Å². The molecule has 0 fully saturated rings. The number of phenols is 1. The van der Waals surface area contributed by atoms with E-state index < -0.39 is 0 Å². The van der Waals surface area contributed by atoms with Crippen LogP contribution in [0.2, 0.25) is 0 Å². The number of aromatic hydroxyl groups is 1. The van der Waals surface area contributed by atoms with Gasteiger partial charge in [-0.25, -0.2) is 0 Å². The van der Waals surface area contributed by atoms with E-state index in [1.165, 1.54) is 0 Å². The van der Waals surface area contributed by atoms with E-state index in [1.54, 1.807) is 31.4 Å². The van der Waals surface area contributed by atoms with Gasteiger partial charge in [-0.15, -0.1) is 0 Å². The third-order valence-electron chi connectivity index (χ3n) is 2.93. The molecule has 0 heterocycles. The van der Waals surface area contributed by atoms with Crippen LogP contribution in [0.4, 0.5) is 5.69 Å². The van der Waals surface area contributed by atoms with E-state index >= 15 is 0 Å². The number of rotatable bonds is 4. The van der Waals surface area contributed by atoms with Gasteiger partial charge in [0.2, 0.25) is 5.91 Å². The first-order chi connectivity index (χ1) is 9.58. The van der Waals surface area contributed by atoms with Crippen molar-refractivity contribution >= 4 is 11.6 Å². The predicted molar refractivity (Wildman–Crippen MR) is 78.2 cm³/mol. The Morgan fingerprint density at radius 2 is 1.90 bits per heavy atom. The number of ether oxygens (including phenoxy) is 1. The molecule has 2 N–H and O–H groups in total. The van der Waals surface area contributed by atoms with Gasteiger partial charge in [0, 0.05) is 0 Å². The minimum Gasteiger partial charge on any atom is -0.508 e. The number of hydrogen-bond donors (Lipinski definition) is 2. The Kier molecular flexibility index (Phi) is 4.25. The molecule has 1 amide bonds. The molecule has 20 heavy (non-hydrogen) atoms. The molecule has 0 unspecified atom stereocenters. The van der Waals surface area contributed by atoms with E-state index in [0.717, 1.165) is 11.1 Å². The monoisotopic (exact) mass is 271 g/mol. The van der Waals surface area contributed by atoms with Gasteiger partial charge in [0.1, 0.15) is 11.5 Å². The summed E-state index contributed by atoms with van der Waals surface area (Å²) in [5.74, 6) is 0.698. The first kappa shape index (κ1) is 13.9. The minimum atomic E-state index is -0.125. The number of carbonyl (C=O) groups is 1. The molecule has 0 bridgehead atoms. The van der Waals surface area contributed by atoms with Gasteiger partial charge in [-0.05, 0) is 42.3 Å². The van der Waals surface area contributed by atoms with Gasteiger partial charge in [0.25, 0.3) is 0 Å². The molecule has 0 aliphatic heterocycles. The molecule has 2 aromatic carbocycles. The molecule has 0 saturated carbocycles. The highest BCUT2D eigenvalue weighted by atomic mass is 16.5. The molecule has 0 aliphatic rings. The van der Waals surface area contributed by atoms with E-state index in [2.05, 4.69) is 5.32 Å². The second kappa shape index (κ2) is 6.10. The van der Waals surface area contributed by atoms with Crippen LogP contribution < -0.4 is 10.1 Å². The van der Waals surface area contributed by atoms with Crippen LogP contribution in [0.15, 0.2) is 42.5 Å². The van der Waals surface area contributed by atoms with E-state index in [9.17, 15) is 9.90 Å². The summed E-state index contributed by atoms with van der Waals surface area (Å²) in [6.07, 6.45) is 0.247. The fourth-order valence-electron chi connectivity index (χ4n) is 1.91. The Labute approximate surface area is 118 Å². The SMILES string of the molecule is COc1ccc(C)cc1NC(=O)Cc1ccc(O)cc1. The van der Waals surface area contributed by atoms with Crippen LogP contribution in [-0.2, 0) is 11.2 Å². The van der Waals surface area contributed by atoms with Crippen LogP contribution in [0, 0.1) is 6.92 Å². The maximum atomic E-state index is 12.0. The average molecular weight is 271 g/mol. The quantitative estimate of drug-likeness (QED) is 0.899. The van der Waals surface area contributed by atoms with Crippen molar-refractivity contribution in [3.05, 3.63) is 53.6 Å². The van der Waals surface area contributed by atoms with Crippen molar-refractivity contribution in [1.82, 2.24) is 0 Å². The standard InChI is InChI=1S/C16H17NO3/c1-11-3-8-15(20-2)14(9-11)17-16(19)10-12-4-6-13(18)7-5-12/h3-9,18H,10H2,1-2H3,(H,17,19). The Bertz CT molecular complexity index is 606. The molecule has 0 saturated heterocycles. The number of benzene rings is 2. The van der Waals surface area contributed by atoms with E-state index in [-0.39, 0.29) is 18.1 Å². The number of methoxy groups -OCH3 is 1. The third kappa shape index (κ3) is 3.51. The zero-order valence-corrected chi connectivity index (χ0v) is 11.5. The van der Waals surface area contributed by atoms with E-state index in [0.29, 0.717) is 11.4 Å². The van der Waals surface area contributed by atoms with Crippen LogP contribution in [0.1, 0.15) is 11.1 Å². The normalized spacial score (nSPS) is 10.1. The van der Waals surface area contributed by atoms with Gasteiger partial charge >= 0.3 is 0 Å². The smallest absolute Gasteiger partial charge is 0.228 e. The van der Waals surface area contributed by atoms with Crippen LogP contribution in [0.5, 0.6) is 11.5 Å². The van der Waals surface area contributed by atoms with E-state index in [4.69, 9.17) is 4.74 Å². The second-order valence-electron chi connectivity index (χ2n) is 4.60. The molecule has 0 aromatic heterocycles. The van der Waals surface area contributed by atoms with Gasteiger partial charge in [-0.3, -0.25) is 4.79 Å². The lowest BCUT2D eigenvalue weighted by Gasteiger charge is -2.11. The molecule has 2 rings (SSSR count). The van der Waals surface area contributed by atoms with Gasteiger partial charge in [0.05, 0.1) is 19.2 Å². The number of hydrogen-bond acceptors (Lipinski definition) is 3. The maximum Gasteiger partial charge on any atom is 0.228 e. The summed E-state index contributed by atoms with van der Waals surface area (Å²) in [6, 6.07) is 12.2. The zero-order valence-electron chi connectivity index (χ0n) is 11.5. The van der Waals surface area contributed by atoms with Crippen molar-refractivity contribution in [3.8, 4) is 11.5 Å². The molecule has 104 valence electrons. The highest BCUT2D eigenvalue weighted by Gasteiger charge is 2.08. The van der Waals surface area contributed by atoms with Gasteiger partial charge < -0.3 is 15.2 Å². The van der Waals surface area contributed by atoms with Crippen molar-refractivity contribution in [2.24, 2.45) is 0 Å². The Balaban J connectivity index is 2.08. The van der Waals surface area contributed by atoms with Crippen molar-refractivity contribution < 1.29 is 14.6 Å². The lowest BCUT2D eigenvalue weighted by atomic mass is 10.1. The molecular formula is C16H17NO3. The third-order valence-corrected chi connectivity index (χ3v) is 2.93. The molecule has 0 aliphatic carbocycles. The van der Waals surface area contributed by atoms with Gasteiger partial charge in [-0.2, -0.15) is 0 Å². The summed E-state index contributed by atoms with van der Waals surface area (Å²) in [6.45, 7) is 1.95. The summed E-state index contributed by atoms with van der Waals surface area (Å²) in [5, 5.41) is 12.0. The van der Waals surface area contributed by atoms with Crippen LogP contribution in [0.25, 0.3) is 0 Å².